The summed E-state index contributed by atoms with van der Waals surface area (Å²) in [6.45, 7) is 6.50. The van der Waals surface area contributed by atoms with Gasteiger partial charge in [0.15, 0.2) is 0 Å². The first-order chi connectivity index (χ1) is 16.7. The monoisotopic (exact) mass is 453 g/mol. The lowest BCUT2D eigenvalue weighted by atomic mass is 9.79. The Morgan fingerprint density at radius 2 is 1.85 bits per heavy atom. The molecular formula is C28H31N5O. The fourth-order valence-electron chi connectivity index (χ4n) is 5.54. The van der Waals surface area contributed by atoms with Crippen molar-refractivity contribution >= 4 is 16.9 Å². The lowest BCUT2D eigenvalue weighted by Crippen LogP contribution is -2.44. The largest absolute Gasteiger partial charge is 0.489 e. The number of benzene rings is 2. The minimum absolute atomic E-state index is 0.467. The number of aromatic nitrogens is 3. The van der Waals surface area contributed by atoms with Gasteiger partial charge in [-0.1, -0.05) is 42.5 Å². The highest BCUT2D eigenvalue weighted by Gasteiger charge is 2.35. The van der Waals surface area contributed by atoms with E-state index in [-0.39, 0.29) is 0 Å². The Morgan fingerprint density at radius 3 is 2.62 bits per heavy atom. The Hall–Kier alpha value is -3.38. The number of fused-ring (bicyclic) bond motifs is 1. The second-order valence-corrected chi connectivity index (χ2v) is 9.74. The lowest BCUT2D eigenvalue weighted by molar-refractivity contribution is 0.0915. The van der Waals surface area contributed by atoms with Gasteiger partial charge >= 0.3 is 0 Å². The standard InChI is InChI=1S/C28H31N5O/c1-19-25(22-9-5-10-24(15-22)34-17-20-7-3-2-4-8-20)26-27(29)30-18-31-28(26)33(19)23-13-21(14-23)16-32-11-6-12-32/h2-5,7-10,15,18,21,23H,6,11-14,16-17H2,1H3,(H2,29,30,31)/t21-,23-. The van der Waals surface area contributed by atoms with E-state index in [0.29, 0.717) is 18.5 Å². The van der Waals surface area contributed by atoms with E-state index in [4.69, 9.17) is 15.5 Å². The fourth-order valence-corrected chi connectivity index (χ4v) is 5.54. The van der Waals surface area contributed by atoms with Crippen molar-refractivity contribution in [3.05, 3.63) is 72.2 Å². The number of hydrogen-bond donors (Lipinski definition) is 1. The normalized spacial score (nSPS) is 20.1. The molecule has 6 rings (SSSR count). The van der Waals surface area contributed by atoms with Crippen molar-refractivity contribution < 1.29 is 4.74 Å². The molecule has 2 fully saturated rings. The number of ether oxygens (including phenoxy) is 1. The predicted molar refractivity (Wildman–Crippen MR) is 136 cm³/mol. The Bertz CT molecular complexity index is 1310. The van der Waals surface area contributed by atoms with Crippen LogP contribution in [0.15, 0.2) is 60.9 Å². The molecule has 1 aliphatic heterocycles. The van der Waals surface area contributed by atoms with Crippen molar-refractivity contribution in [3.8, 4) is 16.9 Å². The van der Waals surface area contributed by atoms with Crippen LogP contribution in [0.1, 0.15) is 36.6 Å². The van der Waals surface area contributed by atoms with Crippen molar-refractivity contribution in [1.29, 1.82) is 0 Å². The molecule has 34 heavy (non-hydrogen) atoms. The van der Waals surface area contributed by atoms with E-state index >= 15 is 0 Å². The van der Waals surface area contributed by atoms with Crippen molar-refractivity contribution in [2.45, 2.75) is 38.8 Å². The Labute approximate surface area is 200 Å². The second-order valence-electron chi connectivity index (χ2n) is 9.74. The van der Waals surface area contributed by atoms with Crippen LogP contribution in [0.2, 0.25) is 0 Å². The van der Waals surface area contributed by atoms with Gasteiger partial charge in [0.05, 0.1) is 5.39 Å². The third-order valence-corrected chi connectivity index (χ3v) is 7.47. The molecule has 2 N–H and O–H groups in total. The maximum absolute atomic E-state index is 6.43. The average Bonchev–Trinajstić information content (AvgIpc) is 3.09. The summed E-state index contributed by atoms with van der Waals surface area (Å²) >= 11 is 0. The number of anilines is 1. The molecule has 6 heteroatoms. The summed E-state index contributed by atoms with van der Waals surface area (Å²) in [6, 6.07) is 19.0. The lowest BCUT2D eigenvalue weighted by Gasteiger charge is -2.42. The van der Waals surface area contributed by atoms with Crippen LogP contribution in [0.3, 0.4) is 0 Å². The zero-order chi connectivity index (χ0) is 23.1. The molecule has 0 amide bonds. The molecule has 1 aliphatic carbocycles. The molecule has 0 unspecified atom stereocenters. The van der Waals surface area contributed by atoms with Crippen LogP contribution in [-0.2, 0) is 6.61 Å². The minimum atomic E-state index is 0.467. The summed E-state index contributed by atoms with van der Waals surface area (Å²) in [4.78, 5) is 11.6. The third kappa shape index (κ3) is 3.82. The van der Waals surface area contributed by atoms with E-state index in [9.17, 15) is 0 Å². The Balaban J connectivity index is 1.31. The Kier molecular flexibility index (Phi) is 5.46. The van der Waals surface area contributed by atoms with Crippen LogP contribution in [0.4, 0.5) is 5.82 Å². The van der Waals surface area contributed by atoms with E-state index < -0.39 is 0 Å². The number of nitrogens with two attached hydrogens (primary N) is 1. The topological polar surface area (TPSA) is 69.2 Å². The summed E-state index contributed by atoms with van der Waals surface area (Å²) in [7, 11) is 0. The molecule has 0 atom stereocenters. The highest BCUT2D eigenvalue weighted by molar-refractivity contribution is 6.02. The molecule has 174 valence electrons. The first-order valence-electron chi connectivity index (χ1n) is 12.3. The van der Waals surface area contributed by atoms with Crippen LogP contribution < -0.4 is 10.5 Å². The number of likely N-dealkylation sites (tertiary alicyclic amines) is 1. The van der Waals surface area contributed by atoms with E-state index in [0.717, 1.165) is 39.4 Å². The summed E-state index contributed by atoms with van der Waals surface area (Å²) in [6.07, 6.45) is 5.34. The van der Waals surface area contributed by atoms with Gasteiger partial charge in [-0.25, -0.2) is 9.97 Å². The highest BCUT2D eigenvalue weighted by Crippen LogP contribution is 2.45. The number of nitrogen functional groups attached to an aromatic ring is 1. The Morgan fingerprint density at radius 1 is 1.03 bits per heavy atom. The zero-order valence-electron chi connectivity index (χ0n) is 19.7. The second kappa shape index (κ2) is 8.76. The molecule has 1 saturated carbocycles. The summed E-state index contributed by atoms with van der Waals surface area (Å²) in [5.74, 6) is 2.16. The molecule has 6 nitrogen and oxygen atoms in total. The van der Waals surface area contributed by atoms with Gasteiger partial charge in [0.1, 0.15) is 30.1 Å². The average molecular weight is 454 g/mol. The van der Waals surface area contributed by atoms with E-state index in [1.165, 1.54) is 44.6 Å². The van der Waals surface area contributed by atoms with Crippen LogP contribution in [0.5, 0.6) is 5.75 Å². The molecule has 0 radical (unpaired) electrons. The number of rotatable bonds is 7. The SMILES string of the molecule is Cc1c(-c2cccc(OCc3ccccc3)c2)c2c(N)ncnc2n1[C@H]1C[C@H](CN2CCC2)C1. The van der Waals surface area contributed by atoms with Crippen molar-refractivity contribution in [1.82, 2.24) is 19.4 Å². The summed E-state index contributed by atoms with van der Waals surface area (Å²) in [5.41, 5.74) is 11.9. The van der Waals surface area contributed by atoms with Crippen LogP contribution in [0, 0.1) is 12.8 Å². The van der Waals surface area contributed by atoms with Gasteiger partial charge in [-0.15, -0.1) is 0 Å². The van der Waals surface area contributed by atoms with Gasteiger partial charge in [-0.05, 0) is 68.5 Å². The van der Waals surface area contributed by atoms with Gasteiger partial charge in [0.2, 0.25) is 0 Å². The van der Waals surface area contributed by atoms with Gasteiger partial charge in [-0.3, -0.25) is 0 Å². The fraction of sp³-hybridized carbons (Fsp3) is 0.357. The van der Waals surface area contributed by atoms with Crippen LogP contribution in [0.25, 0.3) is 22.2 Å². The van der Waals surface area contributed by atoms with Gasteiger partial charge < -0.3 is 19.9 Å². The molecule has 3 heterocycles. The molecule has 2 aliphatic rings. The van der Waals surface area contributed by atoms with E-state index in [1.54, 1.807) is 6.33 Å². The molecule has 4 aromatic rings. The van der Waals surface area contributed by atoms with Gasteiger partial charge in [0.25, 0.3) is 0 Å². The smallest absolute Gasteiger partial charge is 0.146 e. The molecule has 2 aromatic heterocycles. The number of nitrogens with zero attached hydrogens (tertiary/aromatic N) is 4. The summed E-state index contributed by atoms with van der Waals surface area (Å²) in [5, 5.41) is 0.950. The van der Waals surface area contributed by atoms with Crippen LogP contribution >= 0.6 is 0 Å². The van der Waals surface area contributed by atoms with Crippen molar-refractivity contribution in [2.75, 3.05) is 25.4 Å². The van der Waals surface area contributed by atoms with Crippen LogP contribution in [-0.4, -0.2) is 39.1 Å². The molecule has 0 spiro atoms. The maximum Gasteiger partial charge on any atom is 0.146 e. The first-order valence-corrected chi connectivity index (χ1v) is 12.3. The highest BCUT2D eigenvalue weighted by atomic mass is 16.5. The maximum atomic E-state index is 6.43. The molecular weight excluding hydrogens is 422 g/mol. The first kappa shape index (κ1) is 21.2. The zero-order valence-corrected chi connectivity index (χ0v) is 19.7. The van der Waals surface area contributed by atoms with Crippen molar-refractivity contribution in [2.24, 2.45) is 5.92 Å². The number of hydrogen-bond acceptors (Lipinski definition) is 5. The van der Waals surface area contributed by atoms with E-state index in [2.05, 4.69) is 45.6 Å². The van der Waals surface area contributed by atoms with Gasteiger partial charge in [0, 0.05) is 23.8 Å². The van der Waals surface area contributed by atoms with E-state index in [1.807, 2.05) is 30.3 Å². The quantitative estimate of drug-likeness (QED) is 0.415. The minimum Gasteiger partial charge on any atom is -0.489 e. The van der Waals surface area contributed by atoms with Gasteiger partial charge in [-0.2, -0.15) is 0 Å². The van der Waals surface area contributed by atoms with Crippen molar-refractivity contribution in [3.63, 3.8) is 0 Å². The molecule has 2 aromatic carbocycles. The predicted octanol–water partition coefficient (Wildman–Crippen LogP) is 5.22. The third-order valence-electron chi connectivity index (χ3n) is 7.47. The molecule has 1 saturated heterocycles. The summed E-state index contributed by atoms with van der Waals surface area (Å²) < 4.78 is 8.53. The molecule has 0 bridgehead atoms.